The van der Waals surface area contributed by atoms with Crippen LogP contribution in [0.15, 0.2) is 28.7 Å². The van der Waals surface area contributed by atoms with Crippen LogP contribution in [0.5, 0.6) is 0 Å². The third-order valence-corrected chi connectivity index (χ3v) is 5.72. The monoisotopic (exact) mass is 435 g/mol. The molecule has 3 rings (SSSR count). The van der Waals surface area contributed by atoms with Crippen LogP contribution in [-0.2, 0) is 17.9 Å². The van der Waals surface area contributed by atoms with Gasteiger partial charge in [-0.1, -0.05) is 29.8 Å². The Morgan fingerprint density at radius 1 is 1.26 bits per heavy atom. The Hall–Kier alpha value is -2.26. The number of hydrogen-bond donors (Lipinski definition) is 0. The largest absolute Gasteiger partial charge is 0.404 e. The highest BCUT2D eigenvalue weighted by Crippen LogP contribution is 2.27. The van der Waals surface area contributed by atoms with E-state index < -0.39 is 4.92 Å². The standard InChI is InChI=1S/C18H22BrN5O3/c1-13-4-3-5-15(10-13)11-21-6-8-22(9-7-21)16(25)12-23-14(2)17(19)18(20-23)24(26)27/h3-5,10H,6-9,11-12H2,1-2H3. The third-order valence-electron chi connectivity index (χ3n) is 4.79. The van der Waals surface area contributed by atoms with E-state index in [1.54, 1.807) is 11.8 Å². The van der Waals surface area contributed by atoms with Crippen molar-refractivity contribution in [3.05, 3.63) is 55.7 Å². The summed E-state index contributed by atoms with van der Waals surface area (Å²) in [4.78, 5) is 27.1. The molecule has 2 heterocycles. The SMILES string of the molecule is Cc1cccc(CN2CCN(C(=O)Cn3nc([N+](=O)[O-])c(Br)c3C)CC2)c1. The van der Waals surface area contributed by atoms with E-state index in [0.717, 1.165) is 19.6 Å². The maximum absolute atomic E-state index is 12.6. The van der Waals surface area contributed by atoms with Crippen LogP contribution < -0.4 is 0 Å². The fourth-order valence-corrected chi connectivity index (χ4v) is 3.66. The molecule has 1 aliphatic heterocycles. The predicted molar refractivity (Wildman–Crippen MR) is 104 cm³/mol. The number of carbonyl (C=O) groups excluding carboxylic acids is 1. The summed E-state index contributed by atoms with van der Waals surface area (Å²) in [5, 5.41) is 14.9. The minimum atomic E-state index is -0.553. The van der Waals surface area contributed by atoms with Crippen molar-refractivity contribution in [3.63, 3.8) is 0 Å². The fourth-order valence-electron chi connectivity index (χ4n) is 3.23. The number of nitro groups is 1. The van der Waals surface area contributed by atoms with E-state index in [-0.39, 0.29) is 18.3 Å². The molecule has 1 saturated heterocycles. The Bertz CT molecular complexity index is 859. The highest BCUT2D eigenvalue weighted by molar-refractivity contribution is 9.10. The van der Waals surface area contributed by atoms with Crippen LogP contribution in [0.25, 0.3) is 0 Å². The molecule has 0 saturated carbocycles. The van der Waals surface area contributed by atoms with Crippen LogP contribution in [0.4, 0.5) is 5.82 Å². The number of piperazine rings is 1. The van der Waals surface area contributed by atoms with Gasteiger partial charge in [0.2, 0.25) is 5.91 Å². The topological polar surface area (TPSA) is 84.5 Å². The number of hydrogen-bond acceptors (Lipinski definition) is 5. The molecule has 8 nitrogen and oxygen atoms in total. The lowest BCUT2D eigenvalue weighted by atomic mass is 10.1. The van der Waals surface area contributed by atoms with Gasteiger partial charge in [0.25, 0.3) is 0 Å². The summed E-state index contributed by atoms with van der Waals surface area (Å²) >= 11 is 3.18. The first-order valence-electron chi connectivity index (χ1n) is 8.78. The molecule has 1 aromatic carbocycles. The summed E-state index contributed by atoms with van der Waals surface area (Å²) < 4.78 is 1.72. The van der Waals surface area contributed by atoms with E-state index >= 15 is 0 Å². The van der Waals surface area contributed by atoms with Crippen molar-refractivity contribution >= 4 is 27.7 Å². The lowest BCUT2D eigenvalue weighted by Crippen LogP contribution is -2.49. The molecule has 1 aromatic heterocycles. The van der Waals surface area contributed by atoms with Gasteiger partial charge in [0.15, 0.2) is 0 Å². The highest BCUT2D eigenvalue weighted by Gasteiger charge is 2.27. The van der Waals surface area contributed by atoms with E-state index in [1.165, 1.54) is 15.8 Å². The second-order valence-corrected chi connectivity index (χ2v) is 7.58. The Balaban J connectivity index is 1.56. The van der Waals surface area contributed by atoms with E-state index in [4.69, 9.17) is 0 Å². The number of rotatable bonds is 5. The van der Waals surface area contributed by atoms with E-state index in [9.17, 15) is 14.9 Å². The van der Waals surface area contributed by atoms with Crippen LogP contribution in [0, 0.1) is 24.0 Å². The van der Waals surface area contributed by atoms with E-state index in [1.807, 2.05) is 0 Å². The molecule has 0 N–H and O–H groups in total. The van der Waals surface area contributed by atoms with Crippen molar-refractivity contribution in [2.45, 2.75) is 26.9 Å². The molecular formula is C18H22BrN5O3. The van der Waals surface area contributed by atoms with Gasteiger partial charge in [-0.15, -0.1) is 0 Å². The Morgan fingerprint density at radius 2 is 1.96 bits per heavy atom. The zero-order valence-electron chi connectivity index (χ0n) is 15.4. The maximum Gasteiger partial charge on any atom is 0.404 e. The Kier molecular flexibility index (Phi) is 5.91. The van der Waals surface area contributed by atoms with Crippen molar-refractivity contribution in [2.75, 3.05) is 26.2 Å². The number of aryl methyl sites for hydroxylation is 1. The summed E-state index contributed by atoms with van der Waals surface area (Å²) in [6.45, 7) is 7.58. The van der Waals surface area contributed by atoms with Crippen molar-refractivity contribution in [2.24, 2.45) is 0 Å². The van der Waals surface area contributed by atoms with Crippen LogP contribution in [0.3, 0.4) is 0 Å². The zero-order valence-corrected chi connectivity index (χ0v) is 17.0. The van der Waals surface area contributed by atoms with E-state index in [2.05, 4.69) is 57.1 Å². The molecule has 0 spiro atoms. The minimum Gasteiger partial charge on any atom is -0.358 e. The van der Waals surface area contributed by atoms with Gasteiger partial charge in [-0.2, -0.15) is 4.68 Å². The first-order chi connectivity index (χ1) is 12.8. The van der Waals surface area contributed by atoms with E-state index in [0.29, 0.717) is 23.3 Å². The number of carbonyl (C=O) groups is 1. The molecule has 0 aliphatic carbocycles. The average molecular weight is 436 g/mol. The number of halogens is 1. The molecule has 1 fully saturated rings. The number of amides is 1. The fraction of sp³-hybridized carbons (Fsp3) is 0.444. The molecule has 27 heavy (non-hydrogen) atoms. The Morgan fingerprint density at radius 3 is 2.56 bits per heavy atom. The van der Waals surface area contributed by atoms with Gasteiger partial charge < -0.3 is 15.0 Å². The van der Waals surface area contributed by atoms with Crippen LogP contribution in [0.2, 0.25) is 0 Å². The molecule has 1 aliphatic rings. The second-order valence-electron chi connectivity index (χ2n) is 6.78. The Labute approximate surface area is 166 Å². The van der Waals surface area contributed by atoms with Gasteiger partial charge in [0.1, 0.15) is 11.0 Å². The molecule has 0 radical (unpaired) electrons. The quantitative estimate of drug-likeness (QED) is 0.531. The van der Waals surface area contributed by atoms with Crippen molar-refractivity contribution in [1.82, 2.24) is 19.6 Å². The number of aromatic nitrogens is 2. The molecule has 144 valence electrons. The van der Waals surface area contributed by atoms with Crippen LogP contribution in [0.1, 0.15) is 16.8 Å². The minimum absolute atomic E-state index is 0.0101. The van der Waals surface area contributed by atoms with Crippen LogP contribution in [-0.4, -0.2) is 56.6 Å². The van der Waals surface area contributed by atoms with Gasteiger partial charge in [-0.05, 0) is 40.3 Å². The summed E-state index contributed by atoms with van der Waals surface area (Å²) in [5.41, 5.74) is 3.10. The number of nitrogens with zero attached hydrogens (tertiary/aromatic N) is 5. The van der Waals surface area contributed by atoms with Crippen LogP contribution >= 0.6 is 15.9 Å². The van der Waals surface area contributed by atoms with Crippen molar-refractivity contribution in [1.29, 1.82) is 0 Å². The second kappa shape index (κ2) is 8.18. The molecule has 1 amide bonds. The average Bonchev–Trinajstić information content (AvgIpc) is 2.91. The predicted octanol–water partition coefficient (Wildman–Crippen LogP) is 2.52. The van der Waals surface area contributed by atoms with Gasteiger partial charge in [0.05, 0.1) is 10.8 Å². The molecular weight excluding hydrogens is 414 g/mol. The number of benzene rings is 1. The zero-order chi connectivity index (χ0) is 19.6. The smallest absolute Gasteiger partial charge is 0.358 e. The molecule has 0 unspecified atom stereocenters. The lowest BCUT2D eigenvalue weighted by molar-refractivity contribution is -0.390. The maximum atomic E-state index is 12.6. The molecule has 0 atom stereocenters. The molecule has 0 bridgehead atoms. The summed E-state index contributed by atoms with van der Waals surface area (Å²) in [5.74, 6) is -0.332. The normalized spacial score (nSPS) is 15.1. The first-order valence-corrected chi connectivity index (χ1v) is 9.57. The first kappa shape index (κ1) is 19.5. The van der Waals surface area contributed by atoms with Gasteiger partial charge >= 0.3 is 5.82 Å². The molecule has 2 aromatic rings. The van der Waals surface area contributed by atoms with Crippen molar-refractivity contribution in [3.8, 4) is 0 Å². The summed E-state index contributed by atoms with van der Waals surface area (Å²) in [6, 6.07) is 8.45. The van der Waals surface area contributed by atoms with Gasteiger partial charge in [-0.3, -0.25) is 9.69 Å². The summed E-state index contributed by atoms with van der Waals surface area (Å²) in [7, 11) is 0. The molecule has 9 heteroatoms. The highest BCUT2D eigenvalue weighted by atomic mass is 79.9. The van der Waals surface area contributed by atoms with Crippen molar-refractivity contribution < 1.29 is 9.72 Å². The summed E-state index contributed by atoms with van der Waals surface area (Å²) in [6.07, 6.45) is 0. The third kappa shape index (κ3) is 4.54. The van der Waals surface area contributed by atoms with Gasteiger partial charge in [-0.25, -0.2) is 0 Å². The van der Waals surface area contributed by atoms with Gasteiger partial charge in [0, 0.05) is 32.7 Å². The lowest BCUT2D eigenvalue weighted by Gasteiger charge is -2.34.